The van der Waals surface area contributed by atoms with Crippen molar-refractivity contribution in [3.8, 4) is 11.5 Å². The van der Waals surface area contributed by atoms with Gasteiger partial charge in [-0.05, 0) is 6.92 Å². The van der Waals surface area contributed by atoms with E-state index >= 15 is 0 Å². The Bertz CT molecular complexity index is 382. The van der Waals surface area contributed by atoms with Crippen molar-refractivity contribution in [2.24, 2.45) is 0 Å². The van der Waals surface area contributed by atoms with E-state index in [-0.39, 0.29) is 11.5 Å². The molecule has 0 unspecified atom stereocenters. The quantitative estimate of drug-likeness (QED) is 0.856. The van der Waals surface area contributed by atoms with Gasteiger partial charge in [0.2, 0.25) is 0 Å². The minimum absolute atomic E-state index is 0.138. The maximum Gasteiger partial charge on any atom is 0.191 e. The molecule has 0 amide bonds. The zero-order valence-corrected chi connectivity index (χ0v) is 9.14. The molecule has 1 fully saturated rings. The molecule has 88 valence electrons. The molecule has 0 atom stereocenters. The van der Waals surface area contributed by atoms with E-state index < -0.39 is 17.2 Å². The minimum Gasteiger partial charge on any atom is -0.497 e. The van der Waals surface area contributed by atoms with E-state index in [0.29, 0.717) is 13.1 Å². The van der Waals surface area contributed by atoms with Crippen LogP contribution in [-0.4, -0.2) is 25.8 Å². The first-order chi connectivity index (χ1) is 7.54. The standard InChI is InChI=1S/C11H13F2NO2/c1-11(5-14-6-11)16-10-8(12)3-7(15-2)4-9(10)13/h3-4,14H,5-6H2,1-2H3. The average Bonchev–Trinajstić information content (AvgIpc) is 2.20. The van der Waals surface area contributed by atoms with Gasteiger partial charge in [0.25, 0.3) is 0 Å². The molecule has 1 N–H and O–H groups in total. The first-order valence-corrected chi connectivity index (χ1v) is 4.97. The number of halogens is 2. The summed E-state index contributed by atoms with van der Waals surface area (Å²) in [5.74, 6) is -1.70. The fraction of sp³-hybridized carbons (Fsp3) is 0.455. The van der Waals surface area contributed by atoms with Crippen molar-refractivity contribution < 1.29 is 18.3 Å². The fourth-order valence-corrected chi connectivity index (χ4v) is 1.55. The molecule has 0 spiro atoms. The average molecular weight is 229 g/mol. The van der Waals surface area contributed by atoms with E-state index in [2.05, 4.69) is 5.32 Å². The molecule has 1 heterocycles. The molecular formula is C11H13F2NO2. The van der Waals surface area contributed by atoms with Gasteiger partial charge in [-0.15, -0.1) is 0 Å². The molecule has 1 saturated heterocycles. The third-order valence-corrected chi connectivity index (χ3v) is 2.55. The van der Waals surface area contributed by atoms with Gasteiger partial charge in [0.15, 0.2) is 17.4 Å². The molecule has 0 radical (unpaired) electrons. The Morgan fingerprint density at radius 3 is 2.19 bits per heavy atom. The lowest BCUT2D eigenvalue weighted by molar-refractivity contribution is 0.0271. The maximum atomic E-state index is 13.5. The summed E-state index contributed by atoms with van der Waals surface area (Å²) in [4.78, 5) is 0. The van der Waals surface area contributed by atoms with E-state index in [0.717, 1.165) is 12.1 Å². The van der Waals surface area contributed by atoms with Crippen LogP contribution in [0, 0.1) is 11.6 Å². The number of methoxy groups -OCH3 is 1. The molecule has 1 aromatic carbocycles. The normalized spacial score (nSPS) is 17.8. The summed E-state index contributed by atoms with van der Waals surface area (Å²) in [7, 11) is 1.35. The fourth-order valence-electron chi connectivity index (χ4n) is 1.55. The second-order valence-corrected chi connectivity index (χ2v) is 4.08. The highest BCUT2D eigenvalue weighted by Crippen LogP contribution is 2.30. The Morgan fingerprint density at radius 2 is 1.81 bits per heavy atom. The summed E-state index contributed by atoms with van der Waals surface area (Å²) in [5.41, 5.74) is -0.531. The number of rotatable bonds is 3. The van der Waals surface area contributed by atoms with Gasteiger partial charge in [0.05, 0.1) is 7.11 Å². The van der Waals surface area contributed by atoms with E-state index in [4.69, 9.17) is 9.47 Å². The number of nitrogens with one attached hydrogen (secondary N) is 1. The Morgan fingerprint density at radius 1 is 1.25 bits per heavy atom. The van der Waals surface area contributed by atoms with Gasteiger partial charge in [0, 0.05) is 25.2 Å². The van der Waals surface area contributed by atoms with Gasteiger partial charge < -0.3 is 14.8 Å². The van der Waals surface area contributed by atoms with Crippen molar-refractivity contribution in [3.63, 3.8) is 0 Å². The van der Waals surface area contributed by atoms with Crippen LogP contribution in [0.2, 0.25) is 0 Å². The summed E-state index contributed by atoms with van der Waals surface area (Å²) in [6.45, 7) is 2.96. The van der Waals surface area contributed by atoms with E-state index in [9.17, 15) is 8.78 Å². The molecule has 0 bridgehead atoms. The maximum absolute atomic E-state index is 13.5. The minimum atomic E-state index is -0.745. The monoisotopic (exact) mass is 229 g/mol. The molecule has 5 heteroatoms. The van der Waals surface area contributed by atoms with E-state index in [1.165, 1.54) is 7.11 Å². The first-order valence-electron chi connectivity index (χ1n) is 4.97. The van der Waals surface area contributed by atoms with Gasteiger partial charge >= 0.3 is 0 Å². The van der Waals surface area contributed by atoms with Crippen LogP contribution in [0.5, 0.6) is 11.5 Å². The molecule has 16 heavy (non-hydrogen) atoms. The van der Waals surface area contributed by atoms with Crippen LogP contribution >= 0.6 is 0 Å². The molecule has 1 aliphatic heterocycles. The lowest BCUT2D eigenvalue weighted by atomic mass is 10.00. The number of ether oxygens (including phenoxy) is 2. The highest BCUT2D eigenvalue weighted by Gasteiger charge is 2.35. The van der Waals surface area contributed by atoms with E-state index in [1.807, 2.05) is 0 Å². The highest BCUT2D eigenvalue weighted by molar-refractivity contribution is 5.35. The lowest BCUT2D eigenvalue weighted by Crippen LogP contribution is -2.61. The lowest BCUT2D eigenvalue weighted by Gasteiger charge is -2.39. The predicted molar refractivity (Wildman–Crippen MR) is 54.8 cm³/mol. The number of hydrogen-bond donors (Lipinski definition) is 1. The number of hydrogen-bond acceptors (Lipinski definition) is 3. The second-order valence-electron chi connectivity index (χ2n) is 4.08. The zero-order valence-electron chi connectivity index (χ0n) is 9.14. The van der Waals surface area contributed by atoms with Gasteiger partial charge in [0.1, 0.15) is 11.4 Å². The van der Waals surface area contributed by atoms with Crippen LogP contribution in [0.15, 0.2) is 12.1 Å². The van der Waals surface area contributed by atoms with Crippen LogP contribution in [0.4, 0.5) is 8.78 Å². The third kappa shape index (κ3) is 1.95. The molecule has 3 nitrogen and oxygen atoms in total. The predicted octanol–water partition coefficient (Wildman–Crippen LogP) is 1.71. The van der Waals surface area contributed by atoms with Crippen LogP contribution in [0.25, 0.3) is 0 Å². The Kier molecular flexibility index (Phi) is 2.71. The van der Waals surface area contributed by atoms with Gasteiger partial charge in [-0.1, -0.05) is 0 Å². The van der Waals surface area contributed by atoms with Crippen molar-refractivity contribution >= 4 is 0 Å². The van der Waals surface area contributed by atoms with Gasteiger partial charge in [-0.2, -0.15) is 0 Å². The Hall–Kier alpha value is -1.36. The van der Waals surface area contributed by atoms with E-state index in [1.54, 1.807) is 6.92 Å². The topological polar surface area (TPSA) is 30.5 Å². The molecule has 1 aliphatic rings. The number of benzene rings is 1. The van der Waals surface area contributed by atoms with Crippen LogP contribution < -0.4 is 14.8 Å². The van der Waals surface area contributed by atoms with Crippen molar-refractivity contribution in [1.29, 1.82) is 0 Å². The summed E-state index contributed by atoms with van der Waals surface area (Å²) >= 11 is 0. The highest BCUT2D eigenvalue weighted by atomic mass is 19.1. The second kappa shape index (κ2) is 3.90. The largest absolute Gasteiger partial charge is 0.497 e. The zero-order chi connectivity index (χ0) is 11.8. The third-order valence-electron chi connectivity index (χ3n) is 2.55. The van der Waals surface area contributed by atoms with Crippen molar-refractivity contribution in [2.45, 2.75) is 12.5 Å². The molecular weight excluding hydrogens is 216 g/mol. The summed E-state index contributed by atoms with van der Waals surface area (Å²) in [6, 6.07) is 2.21. The molecule has 2 rings (SSSR count). The van der Waals surface area contributed by atoms with Gasteiger partial charge in [-0.3, -0.25) is 0 Å². The molecule has 0 aliphatic carbocycles. The smallest absolute Gasteiger partial charge is 0.191 e. The van der Waals surface area contributed by atoms with Crippen LogP contribution in [0.1, 0.15) is 6.92 Å². The first kappa shape index (κ1) is 11.1. The molecule has 1 aromatic rings. The van der Waals surface area contributed by atoms with Crippen molar-refractivity contribution in [3.05, 3.63) is 23.8 Å². The SMILES string of the molecule is COc1cc(F)c(OC2(C)CNC2)c(F)c1. The summed E-state index contributed by atoms with van der Waals surface area (Å²) in [5, 5.41) is 2.99. The van der Waals surface area contributed by atoms with Crippen molar-refractivity contribution in [1.82, 2.24) is 5.32 Å². The Labute approximate surface area is 92.4 Å². The Balaban J connectivity index is 2.26. The summed E-state index contributed by atoms with van der Waals surface area (Å²) < 4.78 is 37.1. The van der Waals surface area contributed by atoms with Crippen LogP contribution in [-0.2, 0) is 0 Å². The molecule has 0 aromatic heterocycles. The summed E-state index contributed by atoms with van der Waals surface area (Å²) in [6.07, 6.45) is 0. The molecule has 0 saturated carbocycles. The van der Waals surface area contributed by atoms with Crippen molar-refractivity contribution in [2.75, 3.05) is 20.2 Å². The van der Waals surface area contributed by atoms with Crippen LogP contribution in [0.3, 0.4) is 0 Å². The van der Waals surface area contributed by atoms with Gasteiger partial charge in [-0.25, -0.2) is 8.78 Å².